The molecule has 3 heterocycles. The average Bonchev–Trinajstić information content (AvgIpc) is 3.09. The molecule has 0 spiro atoms. The number of pyridine rings is 1. The van der Waals surface area contributed by atoms with Crippen molar-refractivity contribution in [2.45, 2.75) is 42.7 Å². The van der Waals surface area contributed by atoms with Gasteiger partial charge in [0.25, 0.3) is 0 Å². The minimum atomic E-state index is -2.51. The van der Waals surface area contributed by atoms with Gasteiger partial charge in [-0.2, -0.15) is 65.6 Å². The molecule has 0 bridgehead atoms. The first-order valence-corrected chi connectivity index (χ1v) is 17.9. The van der Waals surface area contributed by atoms with E-state index in [4.69, 9.17) is 37.5 Å². The Bertz CT molecular complexity index is 1850. The summed E-state index contributed by atoms with van der Waals surface area (Å²) in [6, 6.07) is 36.9. The first kappa shape index (κ1) is 32.4. The fourth-order valence-corrected chi connectivity index (χ4v) is 7.93. The van der Waals surface area contributed by atoms with E-state index in [1.807, 2.05) is 104 Å². The Labute approximate surface area is 285 Å². The number of benzene rings is 3. The van der Waals surface area contributed by atoms with Crippen LogP contribution >= 0.6 is 0 Å². The number of hydrogen-bond acceptors (Lipinski definition) is 6. The molecule has 45 heavy (non-hydrogen) atoms. The Morgan fingerprint density at radius 1 is 0.622 bits per heavy atom. The van der Waals surface area contributed by atoms with Crippen molar-refractivity contribution in [1.82, 2.24) is 24.9 Å². The van der Waals surface area contributed by atoms with E-state index in [0.29, 0.717) is 0 Å². The third kappa shape index (κ3) is 5.91. The third-order valence-electron chi connectivity index (χ3n) is 8.67. The Hall–Kier alpha value is -3.94. The van der Waals surface area contributed by atoms with E-state index in [9.17, 15) is 0 Å². The van der Waals surface area contributed by atoms with Crippen molar-refractivity contribution in [3.05, 3.63) is 168 Å². The van der Waals surface area contributed by atoms with Gasteiger partial charge < -0.3 is 12.6 Å². The maximum atomic E-state index is 5.82. The maximum absolute atomic E-state index is 5.82. The zero-order valence-corrected chi connectivity index (χ0v) is 29.7. The summed E-state index contributed by atoms with van der Waals surface area (Å²) in [4.78, 5) is 25.7. The summed E-state index contributed by atoms with van der Waals surface area (Å²) in [6.07, 6.45) is 9.25. The second-order valence-corrected chi connectivity index (χ2v) is 16.4. The van der Waals surface area contributed by atoms with Crippen LogP contribution in [0.2, 0.25) is 13.1 Å². The van der Waals surface area contributed by atoms with Crippen molar-refractivity contribution in [1.29, 1.82) is 0 Å². The summed E-state index contributed by atoms with van der Waals surface area (Å²) < 4.78 is 0. The van der Waals surface area contributed by atoms with E-state index < -0.39 is 18.9 Å². The van der Waals surface area contributed by atoms with Crippen LogP contribution in [0.3, 0.4) is 0 Å². The molecule has 0 N–H and O–H groups in total. The monoisotopic (exact) mass is 799 g/mol. The van der Waals surface area contributed by atoms with Crippen LogP contribution < -0.4 is 10.6 Å². The number of hydrogen-bond donors (Lipinski definition) is 0. The first-order valence-electron chi connectivity index (χ1n) is 14.5. The molecule has 0 aliphatic carbocycles. The fourth-order valence-electron chi connectivity index (χ4n) is 5.72. The zero-order valence-electron chi connectivity index (χ0n) is 25.5. The molecule has 6 rings (SSSR count). The van der Waals surface area contributed by atoms with E-state index >= 15 is 0 Å². The molecule has 3 aromatic carbocycles. The summed E-state index contributed by atoms with van der Waals surface area (Å²) in [7, 11) is -2.51. The van der Waals surface area contributed by atoms with Gasteiger partial charge in [-0.05, 0) is 31.5 Å². The molecule has 0 aliphatic rings. The number of rotatable bonds is 8. The standard InChI is InChI=1S/C37H33N5SSi.Ir/c1-36(27-15-7-5-8-16-27,28-17-9-6-10-18-28)32-23-38-25-34(41-32)44(3,4)35-26-39-24-33(42-35)37(2,31-21-13-14-22-40-31)29-19-11-12-20-30(29)43;/h5-15,17,19-26,43H,1-4H3;/q-2;+3/p-1. The maximum Gasteiger partial charge on any atom is 3.00 e. The van der Waals surface area contributed by atoms with Crippen LogP contribution in [-0.2, 0) is 43.6 Å². The molecule has 0 fully saturated rings. The van der Waals surface area contributed by atoms with Crippen molar-refractivity contribution in [3.8, 4) is 0 Å². The van der Waals surface area contributed by atoms with Crippen LogP contribution in [0.15, 0.2) is 127 Å². The molecule has 224 valence electrons. The van der Waals surface area contributed by atoms with Gasteiger partial charge in [0.2, 0.25) is 0 Å². The Kier molecular flexibility index (Phi) is 9.51. The Balaban J connectivity index is 0.00000400. The molecule has 0 radical (unpaired) electrons. The quantitative estimate of drug-likeness (QED) is 0.112. The van der Waals surface area contributed by atoms with Gasteiger partial charge >= 0.3 is 20.1 Å². The second kappa shape index (κ2) is 13.2. The van der Waals surface area contributed by atoms with E-state index in [1.165, 1.54) is 0 Å². The Morgan fingerprint density at radius 3 is 1.67 bits per heavy atom. The van der Waals surface area contributed by atoms with E-state index in [2.05, 4.69) is 57.3 Å². The topological polar surface area (TPSA) is 64.5 Å². The van der Waals surface area contributed by atoms with Gasteiger partial charge in [0.05, 0.1) is 22.5 Å². The zero-order chi connectivity index (χ0) is 30.8. The molecule has 1 atom stereocenters. The van der Waals surface area contributed by atoms with Crippen molar-refractivity contribution in [2.24, 2.45) is 0 Å². The van der Waals surface area contributed by atoms with Crippen LogP contribution in [0.5, 0.6) is 0 Å². The van der Waals surface area contributed by atoms with E-state index in [1.54, 1.807) is 0 Å². The molecular weight excluding hydrogens is 767 g/mol. The summed E-state index contributed by atoms with van der Waals surface area (Å²) in [5, 5.41) is 1.83. The smallest absolute Gasteiger partial charge is 0.779 e. The van der Waals surface area contributed by atoms with Gasteiger partial charge in [0, 0.05) is 47.0 Å². The van der Waals surface area contributed by atoms with E-state index in [-0.39, 0.29) is 20.1 Å². The van der Waals surface area contributed by atoms with Crippen LogP contribution in [0.1, 0.15) is 47.6 Å². The summed E-state index contributed by atoms with van der Waals surface area (Å²) in [5.74, 6) is 0. The molecular formula is C37H32IrN5SSi. The van der Waals surface area contributed by atoms with E-state index in [0.717, 1.165) is 49.3 Å². The normalized spacial score (nSPS) is 13.0. The first-order chi connectivity index (χ1) is 21.3. The molecule has 0 aliphatic heterocycles. The summed E-state index contributed by atoms with van der Waals surface area (Å²) in [5.41, 5.74) is 4.16. The largest absolute Gasteiger partial charge is 3.00 e. The van der Waals surface area contributed by atoms with Crippen molar-refractivity contribution < 1.29 is 20.1 Å². The van der Waals surface area contributed by atoms with Crippen LogP contribution in [-0.4, -0.2) is 33.0 Å². The SMILES string of the molecule is CC(c1[c-]cccc1)(c1[c-]cccc1)c1cncc([Si](C)(C)c2cncc(C(C)(c3ccccn3)c3ccccc3[S-])n2)n1.[Ir+3]. The van der Waals surface area contributed by atoms with Gasteiger partial charge in [-0.25, -0.2) is 0 Å². The minimum absolute atomic E-state index is 0. The van der Waals surface area contributed by atoms with Crippen molar-refractivity contribution in [3.63, 3.8) is 0 Å². The molecule has 6 aromatic rings. The predicted octanol–water partition coefficient (Wildman–Crippen LogP) is 5.70. The van der Waals surface area contributed by atoms with Crippen LogP contribution in [0.25, 0.3) is 0 Å². The number of aromatic nitrogens is 5. The van der Waals surface area contributed by atoms with Crippen molar-refractivity contribution >= 4 is 31.3 Å². The molecule has 0 amide bonds. The third-order valence-corrected chi connectivity index (χ3v) is 12.1. The predicted molar refractivity (Wildman–Crippen MR) is 179 cm³/mol. The Morgan fingerprint density at radius 2 is 1.16 bits per heavy atom. The molecule has 3 aromatic heterocycles. The van der Waals surface area contributed by atoms with Crippen LogP contribution in [0.4, 0.5) is 0 Å². The van der Waals surface area contributed by atoms with Gasteiger partial charge in [-0.1, -0.05) is 43.4 Å². The van der Waals surface area contributed by atoms with Gasteiger partial charge in [-0.15, -0.1) is 11.1 Å². The fraction of sp³-hybridized carbons (Fsp3) is 0.162. The molecule has 5 nitrogen and oxygen atoms in total. The van der Waals surface area contributed by atoms with Crippen molar-refractivity contribution in [2.75, 3.05) is 0 Å². The summed E-state index contributed by atoms with van der Waals surface area (Å²) in [6.45, 7) is 8.78. The number of nitrogens with zero attached hydrogens (tertiary/aromatic N) is 5. The second-order valence-electron chi connectivity index (χ2n) is 11.7. The van der Waals surface area contributed by atoms with Crippen LogP contribution in [0, 0.1) is 12.1 Å². The minimum Gasteiger partial charge on any atom is -0.779 e. The summed E-state index contributed by atoms with van der Waals surface area (Å²) >= 11 is 5.82. The molecule has 0 saturated carbocycles. The molecule has 1 unspecified atom stereocenters. The van der Waals surface area contributed by atoms with Gasteiger partial charge in [0.1, 0.15) is 0 Å². The van der Waals surface area contributed by atoms with Gasteiger partial charge in [0.15, 0.2) is 8.07 Å². The molecule has 0 saturated heterocycles. The van der Waals surface area contributed by atoms with Gasteiger partial charge in [-0.3, -0.25) is 24.9 Å². The average molecular weight is 799 g/mol. The molecule has 8 heteroatoms.